The summed E-state index contributed by atoms with van der Waals surface area (Å²) in [5, 5.41) is 2.85. The fourth-order valence-electron chi connectivity index (χ4n) is 1.31. The molecule has 1 radical (unpaired) electrons. The third-order valence-electron chi connectivity index (χ3n) is 2.27. The summed E-state index contributed by atoms with van der Waals surface area (Å²) in [6.45, 7) is 7.52. The molecule has 0 atom stereocenters. The molecule has 0 saturated carbocycles. The van der Waals surface area contributed by atoms with Gasteiger partial charge in [-0.3, -0.25) is 25.9 Å². The van der Waals surface area contributed by atoms with E-state index >= 15 is 0 Å². The van der Waals surface area contributed by atoms with Gasteiger partial charge >= 0.3 is 0 Å². The van der Waals surface area contributed by atoms with E-state index in [0.717, 1.165) is 12.1 Å². The van der Waals surface area contributed by atoms with Crippen molar-refractivity contribution in [3.8, 4) is 0 Å². The normalized spacial score (nSPS) is 9.62. The molecule has 0 aliphatic heterocycles. The lowest BCUT2D eigenvalue weighted by Crippen LogP contribution is -2.30. The van der Waals surface area contributed by atoms with Gasteiger partial charge in [-0.05, 0) is 38.6 Å². The molecule has 0 spiro atoms. The predicted molar refractivity (Wildman–Crippen MR) is 82.6 cm³/mol. The van der Waals surface area contributed by atoms with Crippen molar-refractivity contribution in [3.63, 3.8) is 0 Å². The molecule has 6 N–H and O–H groups in total. The Kier molecular flexibility index (Phi) is 9.78. The number of carbonyl (C=O) groups excluding carboxylic acids is 2. The molecule has 0 aliphatic carbocycles. The van der Waals surface area contributed by atoms with Crippen molar-refractivity contribution in [3.05, 3.63) is 42.3 Å². The summed E-state index contributed by atoms with van der Waals surface area (Å²) in [6, 6.07) is 7.73. The lowest BCUT2D eigenvalue weighted by molar-refractivity contribution is -0.116. The molecule has 0 heterocycles. The number of hydrazine groups is 2. The largest absolute Gasteiger partial charge is 0.350 e. The third-order valence-corrected chi connectivity index (χ3v) is 2.27. The maximum Gasteiger partial charge on any atom is 0.251 e. The number of amides is 2. The van der Waals surface area contributed by atoms with E-state index in [1.165, 1.54) is 0 Å². The minimum atomic E-state index is -0.468. The molecule has 2 amide bonds. The number of carbonyl (C=O) groups is 2. The molecule has 0 unspecified atom stereocenters. The fourth-order valence-corrected chi connectivity index (χ4v) is 1.31. The smallest absolute Gasteiger partial charge is 0.251 e. The summed E-state index contributed by atoms with van der Waals surface area (Å²) in [5.41, 5.74) is 9.45. The Hall–Kier alpha value is -1.96. The first-order valence-corrected chi connectivity index (χ1v) is 6.52. The van der Waals surface area contributed by atoms with Gasteiger partial charge in [0.15, 0.2) is 0 Å². The van der Waals surface area contributed by atoms with Gasteiger partial charge in [-0.2, -0.15) is 0 Å². The number of nitrogens with two attached hydrogens (primary N) is 1. The lowest BCUT2D eigenvalue weighted by atomic mass is 10.1. The van der Waals surface area contributed by atoms with Gasteiger partial charge in [0.2, 0.25) is 5.91 Å². The highest BCUT2D eigenvalue weighted by Crippen LogP contribution is 2.04. The molecule has 0 aliphatic rings. The van der Waals surface area contributed by atoms with E-state index < -0.39 is 5.91 Å². The second kappa shape index (κ2) is 10.8. The first-order valence-electron chi connectivity index (χ1n) is 6.52. The molecular formula is C14H24N5O2. The van der Waals surface area contributed by atoms with Gasteiger partial charge in [0.05, 0.1) is 0 Å². The van der Waals surface area contributed by atoms with Crippen LogP contribution in [0.1, 0.15) is 29.8 Å². The maximum absolute atomic E-state index is 11.6. The summed E-state index contributed by atoms with van der Waals surface area (Å²) >= 11 is 0. The summed E-state index contributed by atoms with van der Waals surface area (Å²) < 4.78 is 0. The van der Waals surface area contributed by atoms with Crippen LogP contribution in [0.3, 0.4) is 0 Å². The van der Waals surface area contributed by atoms with Crippen LogP contribution in [0.5, 0.6) is 0 Å². The molecule has 117 valence electrons. The van der Waals surface area contributed by atoms with E-state index in [2.05, 4.69) is 28.9 Å². The Bertz CT molecular complexity index is 431. The Morgan fingerprint density at radius 1 is 1.24 bits per heavy atom. The molecule has 7 nitrogen and oxygen atoms in total. The monoisotopic (exact) mass is 294 g/mol. The van der Waals surface area contributed by atoms with Crippen molar-refractivity contribution in [2.45, 2.75) is 26.4 Å². The highest BCUT2D eigenvalue weighted by atomic mass is 16.2. The zero-order chi connectivity index (χ0) is 16.3. The summed E-state index contributed by atoms with van der Waals surface area (Å²) in [4.78, 5) is 21.1. The number of hydrogen-bond donors (Lipinski definition) is 5. The van der Waals surface area contributed by atoms with Crippen LogP contribution in [0, 0.1) is 6.92 Å². The molecule has 21 heavy (non-hydrogen) atoms. The minimum Gasteiger partial charge on any atom is -0.350 e. The molecule has 1 aromatic carbocycles. The van der Waals surface area contributed by atoms with Crippen molar-refractivity contribution in [1.82, 2.24) is 21.6 Å². The quantitative estimate of drug-likeness (QED) is 0.295. The fraction of sp³-hybridized carbons (Fsp3) is 0.357. The minimum absolute atomic E-state index is 0.0249. The average molecular weight is 294 g/mol. The first-order chi connectivity index (χ1) is 9.90. The van der Waals surface area contributed by atoms with Crippen LogP contribution in [0.25, 0.3) is 0 Å². The van der Waals surface area contributed by atoms with Crippen LogP contribution in [0.15, 0.2) is 24.3 Å². The lowest BCUT2D eigenvalue weighted by Gasteiger charge is -2.09. The van der Waals surface area contributed by atoms with Crippen LogP contribution in [0.2, 0.25) is 0 Å². The number of rotatable bonds is 5. The van der Waals surface area contributed by atoms with E-state index in [1.54, 1.807) is 5.43 Å². The van der Waals surface area contributed by atoms with Gasteiger partial charge in [-0.1, -0.05) is 12.1 Å². The Morgan fingerprint density at radius 3 is 2.14 bits per heavy atom. The predicted octanol–water partition coefficient (Wildman–Crippen LogP) is -0.141. The van der Waals surface area contributed by atoms with Gasteiger partial charge in [0, 0.05) is 25.1 Å². The summed E-state index contributed by atoms with van der Waals surface area (Å²) in [6.07, 6.45) is 0. The molecule has 0 fully saturated rings. The van der Waals surface area contributed by atoms with Crippen LogP contribution in [-0.4, -0.2) is 24.9 Å². The third kappa shape index (κ3) is 9.55. The highest BCUT2D eigenvalue weighted by Gasteiger charge is 2.05. The first kappa shape index (κ1) is 19.0. The van der Waals surface area contributed by atoms with Gasteiger partial charge in [-0.15, -0.1) is 0 Å². The van der Waals surface area contributed by atoms with Gasteiger partial charge in [-0.25, -0.2) is 5.84 Å². The standard InChI is InChI=1S/C12H19N3O.C2H5N2O/c1-9(2)15-12(16)11-6-4-10(5-7-11)8-14-13-3;1-2(5)4-3/h4-7,9,13-14H,8H2,1-3H3,(H,15,16);1,3H2,(H,4,5). The van der Waals surface area contributed by atoms with E-state index in [9.17, 15) is 9.59 Å². The van der Waals surface area contributed by atoms with Gasteiger partial charge in [0.1, 0.15) is 0 Å². The number of benzene rings is 1. The van der Waals surface area contributed by atoms with Crippen molar-refractivity contribution < 1.29 is 9.59 Å². The van der Waals surface area contributed by atoms with E-state index in [0.29, 0.717) is 5.56 Å². The molecule has 0 bridgehead atoms. The molecule has 0 aromatic heterocycles. The van der Waals surface area contributed by atoms with Gasteiger partial charge < -0.3 is 5.32 Å². The molecule has 1 rings (SSSR count). The topological polar surface area (TPSA) is 108 Å². The average Bonchev–Trinajstić information content (AvgIpc) is 2.45. The van der Waals surface area contributed by atoms with Crippen LogP contribution in [0.4, 0.5) is 0 Å². The van der Waals surface area contributed by atoms with Crippen molar-refractivity contribution in [1.29, 1.82) is 0 Å². The number of hydrogen-bond acceptors (Lipinski definition) is 5. The van der Waals surface area contributed by atoms with Gasteiger partial charge in [0.25, 0.3) is 5.91 Å². The molecule has 0 saturated heterocycles. The Balaban J connectivity index is 0.000000690. The van der Waals surface area contributed by atoms with E-state index in [4.69, 9.17) is 0 Å². The van der Waals surface area contributed by atoms with Crippen LogP contribution in [-0.2, 0) is 11.3 Å². The number of nitrogens with one attached hydrogen (secondary N) is 4. The second-order valence-corrected chi connectivity index (χ2v) is 4.50. The Labute approximate surface area is 125 Å². The molecular weight excluding hydrogens is 270 g/mol. The molecule has 7 heteroatoms. The highest BCUT2D eigenvalue weighted by molar-refractivity contribution is 5.94. The summed E-state index contributed by atoms with van der Waals surface area (Å²) in [7, 11) is 1.82. The van der Waals surface area contributed by atoms with Crippen LogP contribution >= 0.6 is 0 Å². The van der Waals surface area contributed by atoms with Crippen molar-refractivity contribution in [2.75, 3.05) is 7.05 Å². The second-order valence-electron chi connectivity index (χ2n) is 4.50. The van der Waals surface area contributed by atoms with E-state index in [-0.39, 0.29) is 11.9 Å². The Morgan fingerprint density at radius 2 is 1.76 bits per heavy atom. The van der Waals surface area contributed by atoms with E-state index in [1.807, 2.05) is 45.2 Å². The zero-order valence-corrected chi connectivity index (χ0v) is 12.7. The zero-order valence-electron chi connectivity index (χ0n) is 12.7. The van der Waals surface area contributed by atoms with Crippen molar-refractivity contribution in [2.24, 2.45) is 5.84 Å². The SMILES string of the molecule is CNNCc1ccc(C(=O)NC(C)C)cc1.[CH2]C(=O)NN. The van der Waals surface area contributed by atoms with Crippen LogP contribution < -0.4 is 27.4 Å². The maximum atomic E-state index is 11.6. The summed E-state index contributed by atoms with van der Waals surface area (Å²) in [5.74, 6) is 4.02. The molecule has 1 aromatic rings. The van der Waals surface area contributed by atoms with Crippen molar-refractivity contribution >= 4 is 11.8 Å².